The van der Waals surface area contributed by atoms with E-state index in [1.54, 1.807) is 24.7 Å². The van der Waals surface area contributed by atoms with Crippen LogP contribution in [-0.2, 0) is 37.1 Å². The molecule has 13 heteroatoms. The first kappa shape index (κ1) is 40.7. The average molecular weight is 651 g/mol. The maximum Gasteiger partial charge on any atom is 0.331 e. The van der Waals surface area contributed by atoms with Gasteiger partial charge in [0.15, 0.2) is 0 Å². The number of esters is 1. The molecule has 3 amide bonds. The number of carbonyl (C=O) groups excluding carboxylic acids is 4. The number of rotatable bonds is 27. The van der Waals surface area contributed by atoms with Crippen LogP contribution in [0.4, 0.5) is 0 Å². The van der Waals surface area contributed by atoms with Crippen LogP contribution in [0.1, 0.15) is 116 Å². The number of aliphatic hydroxyl groups is 2. The Kier molecular flexibility index (Phi) is 22.0. The van der Waals surface area contributed by atoms with Crippen LogP contribution in [0.3, 0.4) is 0 Å². The molecule has 46 heavy (non-hydrogen) atoms. The van der Waals surface area contributed by atoms with E-state index in [0.717, 1.165) is 18.9 Å². The van der Waals surface area contributed by atoms with E-state index in [0.29, 0.717) is 31.7 Å². The molecule has 1 aromatic heterocycles. The molecule has 1 heterocycles. The zero-order valence-corrected chi connectivity index (χ0v) is 28.2. The van der Waals surface area contributed by atoms with Crippen molar-refractivity contribution < 1.29 is 34.1 Å². The zero-order valence-electron chi connectivity index (χ0n) is 28.2. The number of ether oxygens (including phenoxy) is 1. The summed E-state index contributed by atoms with van der Waals surface area (Å²) >= 11 is 0. The third-order valence-corrected chi connectivity index (χ3v) is 7.58. The number of hydrogen-bond donors (Lipinski definition) is 5. The van der Waals surface area contributed by atoms with Gasteiger partial charge < -0.3 is 30.9 Å². The van der Waals surface area contributed by atoms with Gasteiger partial charge in [-0.25, -0.2) is 4.79 Å². The van der Waals surface area contributed by atoms with E-state index in [1.165, 1.54) is 70.3 Å². The Balaban J connectivity index is 2.08. The number of hydrogen-bond acceptors (Lipinski definition) is 9. The van der Waals surface area contributed by atoms with Gasteiger partial charge >= 0.3 is 5.97 Å². The van der Waals surface area contributed by atoms with E-state index < -0.39 is 23.4 Å². The van der Waals surface area contributed by atoms with Crippen molar-refractivity contribution in [2.75, 3.05) is 26.2 Å². The van der Waals surface area contributed by atoms with Gasteiger partial charge in [-0.3, -0.25) is 19.1 Å². The van der Waals surface area contributed by atoms with Gasteiger partial charge in [0.25, 0.3) is 0 Å². The lowest BCUT2D eigenvalue weighted by Gasteiger charge is -2.27. The van der Waals surface area contributed by atoms with E-state index in [1.807, 2.05) is 0 Å². The summed E-state index contributed by atoms with van der Waals surface area (Å²) in [6.45, 7) is 6.43. The van der Waals surface area contributed by atoms with Crippen molar-refractivity contribution in [1.82, 2.24) is 30.9 Å². The van der Waals surface area contributed by atoms with Gasteiger partial charge in [0, 0.05) is 50.2 Å². The predicted molar refractivity (Wildman–Crippen MR) is 175 cm³/mol. The van der Waals surface area contributed by atoms with Crippen molar-refractivity contribution in [3.8, 4) is 0 Å². The van der Waals surface area contributed by atoms with Gasteiger partial charge in [0.2, 0.25) is 17.7 Å². The Morgan fingerprint density at radius 3 is 2.11 bits per heavy atom. The minimum absolute atomic E-state index is 0.0480. The van der Waals surface area contributed by atoms with Crippen LogP contribution in [0.5, 0.6) is 0 Å². The molecule has 0 radical (unpaired) electrons. The van der Waals surface area contributed by atoms with Gasteiger partial charge in [-0.05, 0) is 12.8 Å². The second-order valence-electron chi connectivity index (χ2n) is 12.4. The second kappa shape index (κ2) is 24.9. The summed E-state index contributed by atoms with van der Waals surface area (Å²) < 4.78 is 6.70. The Bertz CT molecular complexity index is 1040. The molecule has 13 nitrogen and oxygen atoms in total. The standard InChI is InChI=1S/C33H58N6O7/c1-4-5-6-7-8-9-10-11-12-13-14-15-20-34-28(41)17-18-30(43)46-25-27-24-39(38-37-27)23-16-21-35-29(42)19-22-36-32(45)31(44)33(2,3)26-40/h17-18,24,31,40,44H,4-16,19-23,25-26H2,1-3H3,(H,34,41)(H,35,42)(H,36,45)/b18-17-/t31-/m0/s1. The number of nitrogens with zero attached hydrogens (tertiary/aromatic N) is 3. The number of aryl methyl sites for hydroxylation is 1. The molecule has 1 atom stereocenters. The number of amides is 3. The van der Waals surface area contributed by atoms with Crippen molar-refractivity contribution in [3.63, 3.8) is 0 Å². The average Bonchev–Trinajstić information content (AvgIpc) is 3.50. The molecular weight excluding hydrogens is 592 g/mol. The van der Waals surface area contributed by atoms with Crippen molar-refractivity contribution in [2.45, 2.75) is 130 Å². The Morgan fingerprint density at radius 2 is 1.48 bits per heavy atom. The van der Waals surface area contributed by atoms with E-state index >= 15 is 0 Å². The van der Waals surface area contributed by atoms with E-state index in [-0.39, 0.29) is 38.0 Å². The molecular formula is C33H58N6O7. The van der Waals surface area contributed by atoms with Crippen LogP contribution < -0.4 is 16.0 Å². The van der Waals surface area contributed by atoms with Gasteiger partial charge in [-0.15, -0.1) is 5.10 Å². The number of aliphatic hydroxyl groups excluding tert-OH is 2. The maximum atomic E-state index is 12.0. The quantitative estimate of drug-likeness (QED) is 0.0542. The smallest absolute Gasteiger partial charge is 0.331 e. The molecule has 0 unspecified atom stereocenters. The molecule has 262 valence electrons. The molecule has 1 aromatic rings. The summed E-state index contributed by atoms with van der Waals surface area (Å²) in [5.41, 5.74) is -0.528. The van der Waals surface area contributed by atoms with Crippen LogP contribution >= 0.6 is 0 Å². The number of nitrogens with one attached hydrogen (secondary N) is 3. The molecule has 0 aliphatic carbocycles. The first-order chi connectivity index (χ1) is 22.1. The van der Waals surface area contributed by atoms with Crippen molar-refractivity contribution >= 4 is 23.7 Å². The van der Waals surface area contributed by atoms with Gasteiger partial charge in [0.1, 0.15) is 18.4 Å². The summed E-state index contributed by atoms with van der Waals surface area (Å²) in [5, 5.41) is 35.1. The minimum Gasteiger partial charge on any atom is -0.456 e. The molecule has 0 fully saturated rings. The van der Waals surface area contributed by atoms with Crippen LogP contribution in [-0.4, -0.2) is 81.2 Å². The van der Waals surface area contributed by atoms with Crippen LogP contribution in [0.25, 0.3) is 0 Å². The number of carbonyl (C=O) groups is 4. The third kappa shape index (κ3) is 19.9. The fourth-order valence-corrected chi connectivity index (χ4v) is 4.48. The SMILES string of the molecule is CCCCCCCCCCCCCCNC(=O)/C=C\C(=O)OCc1cn(CCCNC(=O)CCNC(=O)[C@H](O)C(C)(C)CO)nn1. The van der Waals surface area contributed by atoms with Crippen LogP contribution in [0, 0.1) is 5.41 Å². The molecule has 0 aliphatic rings. The molecule has 0 saturated heterocycles. The molecule has 0 aliphatic heterocycles. The molecule has 0 aromatic carbocycles. The molecule has 0 saturated carbocycles. The Hall–Kier alpha value is -3.32. The highest BCUT2D eigenvalue weighted by molar-refractivity contribution is 5.94. The van der Waals surface area contributed by atoms with Gasteiger partial charge in [-0.1, -0.05) is 96.6 Å². The van der Waals surface area contributed by atoms with Crippen molar-refractivity contribution in [3.05, 3.63) is 24.0 Å². The van der Waals surface area contributed by atoms with Crippen molar-refractivity contribution in [2.24, 2.45) is 5.41 Å². The lowest BCUT2D eigenvalue weighted by Crippen LogP contribution is -2.46. The lowest BCUT2D eigenvalue weighted by atomic mass is 9.87. The Labute approximate surface area is 274 Å². The normalized spacial score (nSPS) is 12.2. The second-order valence-corrected chi connectivity index (χ2v) is 12.4. The summed E-state index contributed by atoms with van der Waals surface area (Å²) in [6, 6.07) is 0. The summed E-state index contributed by atoms with van der Waals surface area (Å²) in [6.07, 6.45) is 18.2. The fourth-order valence-electron chi connectivity index (χ4n) is 4.48. The van der Waals surface area contributed by atoms with E-state index in [4.69, 9.17) is 4.74 Å². The summed E-state index contributed by atoms with van der Waals surface area (Å²) in [5.74, 6) is -1.88. The molecule has 5 N–H and O–H groups in total. The highest BCUT2D eigenvalue weighted by Gasteiger charge is 2.32. The predicted octanol–water partition coefficient (Wildman–Crippen LogP) is 3.09. The zero-order chi connectivity index (χ0) is 34.0. The van der Waals surface area contributed by atoms with Crippen molar-refractivity contribution in [1.29, 1.82) is 0 Å². The lowest BCUT2D eigenvalue weighted by molar-refractivity contribution is -0.139. The minimum atomic E-state index is -1.38. The summed E-state index contributed by atoms with van der Waals surface area (Å²) in [4.78, 5) is 47.8. The topological polar surface area (TPSA) is 185 Å². The first-order valence-electron chi connectivity index (χ1n) is 16.9. The summed E-state index contributed by atoms with van der Waals surface area (Å²) in [7, 11) is 0. The van der Waals surface area contributed by atoms with E-state index in [2.05, 4.69) is 33.2 Å². The van der Waals surface area contributed by atoms with Gasteiger partial charge in [-0.2, -0.15) is 0 Å². The molecule has 0 bridgehead atoms. The third-order valence-electron chi connectivity index (χ3n) is 7.58. The molecule has 1 rings (SSSR count). The van der Waals surface area contributed by atoms with E-state index in [9.17, 15) is 29.4 Å². The first-order valence-corrected chi connectivity index (χ1v) is 16.9. The number of unbranched alkanes of at least 4 members (excludes halogenated alkanes) is 11. The largest absolute Gasteiger partial charge is 0.456 e. The number of aromatic nitrogens is 3. The van der Waals surface area contributed by atoms with Crippen LogP contribution in [0.2, 0.25) is 0 Å². The van der Waals surface area contributed by atoms with Gasteiger partial charge in [0.05, 0.1) is 12.8 Å². The fraction of sp³-hybridized carbons (Fsp3) is 0.758. The molecule has 0 spiro atoms. The van der Waals surface area contributed by atoms with Crippen LogP contribution in [0.15, 0.2) is 18.3 Å². The maximum absolute atomic E-state index is 12.0. The monoisotopic (exact) mass is 650 g/mol. The highest BCUT2D eigenvalue weighted by atomic mass is 16.5. The Morgan fingerprint density at radius 1 is 0.870 bits per heavy atom. The highest BCUT2D eigenvalue weighted by Crippen LogP contribution is 2.19.